The molecule has 8 heteroatoms. The van der Waals surface area contributed by atoms with E-state index in [-0.39, 0.29) is 17.6 Å². The van der Waals surface area contributed by atoms with E-state index in [2.05, 4.69) is 4.98 Å². The molecule has 0 radical (unpaired) electrons. The van der Waals surface area contributed by atoms with Gasteiger partial charge in [0.25, 0.3) is 0 Å². The van der Waals surface area contributed by atoms with Crippen molar-refractivity contribution in [3.8, 4) is 0 Å². The monoisotopic (exact) mass is 317 g/mol. The fourth-order valence-corrected chi connectivity index (χ4v) is 4.18. The summed E-state index contributed by atoms with van der Waals surface area (Å²) >= 11 is 1.56. The van der Waals surface area contributed by atoms with E-state index < -0.39 is 10.0 Å². The van der Waals surface area contributed by atoms with E-state index in [1.807, 2.05) is 6.92 Å². The van der Waals surface area contributed by atoms with Crippen molar-refractivity contribution < 1.29 is 13.2 Å². The number of hydrogen-bond donors (Lipinski definition) is 1. The summed E-state index contributed by atoms with van der Waals surface area (Å²) in [5.41, 5.74) is 2.77. The maximum atomic E-state index is 12.1. The Kier molecular flexibility index (Phi) is 4.77. The van der Waals surface area contributed by atoms with E-state index in [4.69, 9.17) is 5.14 Å². The Balaban J connectivity index is 1.81. The molecule has 2 N–H and O–H groups in total. The molecule has 1 aliphatic heterocycles. The number of aromatic nitrogens is 1. The summed E-state index contributed by atoms with van der Waals surface area (Å²) in [5.74, 6) is 0.0129. The van der Waals surface area contributed by atoms with Crippen LogP contribution in [0, 0.1) is 12.8 Å². The zero-order chi connectivity index (χ0) is 14.8. The summed E-state index contributed by atoms with van der Waals surface area (Å²) in [6, 6.07) is 0. The number of nitrogens with zero attached hydrogens (tertiary/aromatic N) is 2. The molecule has 0 aromatic carbocycles. The summed E-state index contributed by atoms with van der Waals surface area (Å²) in [4.78, 5) is 19.1. The highest BCUT2D eigenvalue weighted by Crippen LogP contribution is 2.20. The summed E-state index contributed by atoms with van der Waals surface area (Å²) in [7, 11) is -3.45. The standard InChI is InChI=1S/C12H19N3O3S2/c1-9-11(19-8-14-9)2-3-12(16)15-5-4-10(6-15)7-20(13,17)18/h8,10H,2-7H2,1H3,(H2,13,17,18)/t10-/m1/s1. The molecule has 20 heavy (non-hydrogen) atoms. The summed E-state index contributed by atoms with van der Waals surface area (Å²) in [5, 5.41) is 5.04. The lowest BCUT2D eigenvalue weighted by Gasteiger charge is -2.16. The van der Waals surface area contributed by atoms with E-state index >= 15 is 0 Å². The predicted octanol–water partition coefficient (Wildman–Crippen LogP) is 0.521. The van der Waals surface area contributed by atoms with Crippen LogP contribution in [0.3, 0.4) is 0 Å². The van der Waals surface area contributed by atoms with E-state index in [0.29, 0.717) is 32.4 Å². The van der Waals surface area contributed by atoms with Crippen LogP contribution in [0.4, 0.5) is 0 Å². The predicted molar refractivity (Wildman–Crippen MR) is 77.8 cm³/mol. The first-order chi connectivity index (χ1) is 9.35. The SMILES string of the molecule is Cc1ncsc1CCC(=O)N1CC[C@@H](CS(N)(=O)=O)C1. The van der Waals surface area contributed by atoms with E-state index in [1.165, 1.54) is 0 Å². The number of primary sulfonamides is 1. The third-order valence-corrected chi connectivity index (χ3v) is 5.45. The smallest absolute Gasteiger partial charge is 0.222 e. The second-order valence-corrected chi connectivity index (χ2v) is 7.78. The van der Waals surface area contributed by atoms with E-state index in [1.54, 1.807) is 21.7 Å². The van der Waals surface area contributed by atoms with Gasteiger partial charge in [-0.25, -0.2) is 18.5 Å². The van der Waals surface area contributed by atoms with Crippen LogP contribution < -0.4 is 5.14 Å². The molecular formula is C12H19N3O3S2. The van der Waals surface area contributed by atoms with Gasteiger partial charge >= 0.3 is 0 Å². The molecule has 1 fully saturated rings. The number of amides is 1. The summed E-state index contributed by atoms with van der Waals surface area (Å²) in [6.45, 7) is 3.06. The zero-order valence-corrected chi connectivity index (χ0v) is 13.0. The first kappa shape index (κ1) is 15.4. The molecule has 0 spiro atoms. The van der Waals surface area contributed by atoms with Crippen molar-refractivity contribution in [2.75, 3.05) is 18.8 Å². The van der Waals surface area contributed by atoms with Gasteiger partial charge in [0.15, 0.2) is 0 Å². The third kappa shape index (κ3) is 4.26. The van der Waals surface area contributed by atoms with Crippen LogP contribution in [0.2, 0.25) is 0 Å². The summed E-state index contributed by atoms with van der Waals surface area (Å²) in [6.07, 6.45) is 1.86. The Hall–Kier alpha value is -0.990. The third-order valence-electron chi connectivity index (χ3n) is 3.52. The van der Waals surface area contributed by atoms with Crippen molar-refractivity contribution in [1.82, 2.24) is 9.88 Å². The largest absolute Gasteiger partial charge is 0.342 e. The minimum atomic E-state index is -3.45. The number of rotatable bonds is 5. The average molecular weight is 317 g/mol. The molecule has 1 atom stereocenters. The molecule has 6 nitrogen and oxygen atoms in total. The van der Waals surface area contributed by atoms with Crippen LogP contribution in [0.15, 0.2) is 5.51 Å². The van der Waals surface area contributed by atoms with Gasteiger partial charge in [-0.05, 0) is 25.7 Å². The Morgan fingerprint density at radius 3 is 2.95 bits per heavy atom. The lowest BCUT2D eigenvalue weighted by molar-refractivity contribution is -0.130. The number of carbonyl (C=O) groups excluding carboxylic acids is 1. The van der Waals surface area contributed by atoms with Crippen molar-refractivity contribution in [2.24, 2.45) is 11.1 Å². The van der Waals surface area contributed by atoms with Gasteiger partial charge in [0.1, 0.15) is 0 Å². The average Bonchev–Trinajstić information content (AvgIpc) is 2.93. The number of nitrogens with two attached hydrogens (primary N) is 1. The normalized spacial score (nSPS) is 19.5. The minimum absolute atomic E-state index is 0.0286. The Morgan fingerprint density at radius 1 is 1.60 bits per heavy atom. The lowest BCUT2D eigenvalue weighted by atomic mass is 10.2. The molecule has 0 aliphatic carbocycles. The Labute approximate surface area is 123 Å². The maximum absolute atomic E-state index is 12.1. The molecule has 2 heterocycles. The highest BCUT2D eigenvalue weighted by atomic mass is 32.2. The molecule has 1 saturated heterocycles. The fraction of sp³-hybridized carbons (Fsp3) is 0.667. The number of aryl methyl sites for hydroxylation is 2. The molecule has 0 bridgehead atoms. The van der Waals surface area contributed by atoms with Gasteiger partial charge in [-0.2, -0.15) is 0 Å². The molecular weight excluding hydrogens is 298 g/mol. The minimum Gasteiger partial charge on any atom is -0.342 e. The van der Waals surface area contributed by atoms with Crippen molar-refractivity contribution in [1.29, 1.82) is 0 Å². The van der Waals surface area contributed by atoms with Crippen LogP contribution >= 0.6 is 11.3 Å². The highest BCUT2D eigenvalue weighted by Gasteiger charge is 2.28. The zero-order valence-electron chi connectivity index (χ0n) is 11.4. The second-order valence-electron chi connectivity index (χ2n) is 5.18. The molecule has 0 unspecified atom stereocenters. The van der Waals surface area contributed by atoms with Crippen LogP contribution in [0.25, 0.3) is 0 Å². The van der Waals surface area contributed by atoms with E-state index in [0.717, 1.165) is 10.6 Å². The number of thiazole rings is 1. The van der Waals surface area contributed by atoms with Crippen LogP contribution in [0.1, 0.15) is 23.4 Å². The van der Waals surface area contributed by atoms with Crippen molar-refractivity contribution in [3.05, 3.63) is 16.1 Å². The fourth-order valence-electron chi connectivity index (χ4n) is 2.47. The van der Waals surface area contributed by atoms with Crippen molar-refractivity contribution in [2.45, 2.75) is 26.2 Å². The Morgan fingerprint density at radius 2 is 2.35 bits per heavy atom. The van der Waals surface area contributed by atoms with Gasteiger partial charge in [0.2, 0.25) is 15.9 Å². The molecule has 1 aromatic heterocycles. The number of hydrogen-bond acceptors (Lipinski definition) is 5. The molecule has 112 valence electrons. The number of carbonyl (C=O) groups is 1. The van der Waals surface area contributed by atoms with Gasteiger partial charge in [-0.1, -0.05) is 0 Å². The quantitative estimate of drug-likeness (QED) is 0.857. The molecule has 1 aromatic rings. The first-order valence-corrected chi connectivity index (χ1v) is 9.12. The topological polar surface area (TPSA) is 93.4 Å². The highest BCUT2D eigenvalue weighted by molar-refractivity contribution is 7.89. The van der Waals surface area contributed by atoms with Gasteiger partial charge in [0, 0.05) is 24.4 Å². The molecule has 2 rings (SSSR count). The van der Waals surface area contributed by atoms with E-state index in [9.17, 15) is 13.2 Å². The number of likely N-dealkylation sites (tertiary alicyclic amines) is 1. The molecule has 1 aliphatic rings. The second kappa shape index (κ2) is 6.19. The molecule has 0 saturated carbocycles. The summed E-state index contributed by atoms with van der Waals surface area (Å²) < 4.78 is 22.1. The van der Waals surface area contributed by atoms with Gasteiger partial charge in [-0.3, -0.25) is 4.79 Å². The van der Waals surface area contributed by atoms with Gasteiger partial charge in [-0.15, -0.1) is 11.3 Å². The van der Waals surface area contributed by atoms with Gasteiger partial charge < -0.3 is 4.90 Å². The number of sulfonamides is 1. The van der Waals surface area contributed by atoms with Crippen LogP contribution in [-0.2, 0) is 21.2 Å². The van der Waals surface area contributed by atoms with Crippen molar-refractivity contribution in [3.63, 3.8) is 0 Å². The maximum Gasteiger partial charge on any atom is 0.222 e. The first-order valence-electron chi connectivity index (χ1n) is 6.52. The Bertz CT molecular complexity index is 583. The van der Waals surface area contributed by atoms with Gasteiger partial charge in [0.05, 0.1) is 17.0 Å². The molecule has 1 amide bonds. The van der Waals surface area contributed by atoms with Crippen LogP contribution in [-0.4, -0.2) is 43.1 Å². The van der Waals surface area contributed by atoms with Crippen molar-refractivity contribution >= 4 is 27.3 Å². The lowest BCUT2D eigenvalue weighted by Crippen LogP contribution is -2.30. The van der Waals surface area contributed by atoms with Crippen LogP contribution in [0.5, 0.6) is 0 Å².